The third-order valence-corrected chi connectivity index (χ3v) is 3.38. The number of aliphatic carboxylic acids is 2. The maximum absolute atomic E-state index is 11.8. The van der Waals surface area contributed by atoms with Gasteiger partial charge in [0.2, 0.25) is 0 Å². The Balaban J connectivity index is 2.84. The third-order valence-electron chi connectivity index (χ3n) is 2.16. The number of carboxylic acids is 2. The second-order valence-corrected chi connectivity index (χ2v) is 4.85. The summed E-state index contributed by atoms with van der Waals surface area (Å²) in [5, 5.41) is 19.9. The molecule has 1 aromatic carbocycles. The SMILES string of the molecule is O=C(O)CC(NC(=O)c1ccc(Cl)c(Br)c1)C(=O)O. The Labute approximate surface area is 121 Å². The molecule has 0 aliphatic heterocycles. The normalized spacial score (nSPS) is 11.7. The van der Waals surface area contributed by atoms with Crippen LogP contribution >= 0.6 is 27.5 Å². The van der Waals surface area contributed by atoms with Crippen LogP contribution in [0.1, 0.15) is 16.8 Å². The van der Waals surface area contributed by atoms with E-state index in [0.29, 0.717) is 9.50 Å². The van der Waals surface area contributed by atoms with Gasteiger partial charge in [-0.05, 0) is 34.1 Å². The summed E-state index contributed by atoms with van der Waals surface area (Å²) in [7, 11) is 0. The lowest BCUT2D eigenvalue weighted by Crippen LogP contribution is -2.42. The van der Waals surface area contributed by atoms with Crippen LogP contribution in [0.15, 0.2) is 22.7 Å². The molecule has 1 atom stereocenters. The van der Waals surface area contributed by atoms with Crippen molar-refractivity contribution in [3.05, 3.63) is 33.3 Å². The van der Waals surface area contributed by atoms with Crippen molar-refractivity contribution in [3.8, 4) is 0 Å². The van der Waals surface area contributed by atoms with Crippen molar-refractivity contribution in [2.75, 3.05) is 0 Å². The summed E-state index contributed by atoms with van der Waals surface area (Å²) in [5.74, 6) is -3.42. The van der Waals surface area contributed by atoms with Crippen LogP contribution in [0, 0.1) is 0 Å². The van der Waals surface area contributed by atoms with E-state index in [2.05, 4.69) is 21.2 Å². The predicted molar refractivity (Wildman–Crippen MR) is 70.3 cm³/mol. The van der Waals surface area contributed by atoms with E-state index in [1.165, 1.54) is 18.2 Å². The zero-order chi connectivity index (χ0) is 14.6. The summed E-state index contributed by atoms with van der Waals surface area (Å²) in [6.07, 6.45) is -0.699. The van der Waals surface area contributed by atoms with Gasteiger partial charge in [-0.15, -0.1) is 0 Å². The molecule has 0 bridgehead atoms. The summed E-state index contributed by atoms with van der Waals surface area (Å²) >= 11 is 8.89. The molecule has 1 rings (SSSR count). The molecule has 0 aliphatic carbocycles. The van der Waals surface area contributed by atoms with Crippen molar-refractivity contribution >= 4 is 45.4 Å². The number of carbonyl (C=O) groups is 3. The van der Waals surface area contributed by atoms with Gasteiger partial charge in [-0.2, -0.15) is 0 Å². The molecule has 0 saturated heterocycles. The number of halogens is 2. The highest BCUT2D eigenvalue weighted by atomic mass is 79.9. The van der Waals surface area contributed by atoms with Gasteiger partial charge in [0, 0.05) is 10.0 Å². The van der Waals surface area contributed by atoms with Crippen LogP contribution < -0.4 is 5.32 Å². The molecule has 0 radical (unpaired) electrons. The van der Waals surface area contributed by atoms with Gasteiger partial charge in [-0.3, -0.25) is 9.59 Å². The largest absolute Gasteiger partial charge is 0.481 e. The van der Waals surface area contributed by atoms with E-state index in [4.69, 9.17) is 21.8 Å². The minimum atomic E-state index is -1.49. The number of benzene rings is 1. The van der Waals surface area contributed by atoms with E-state index in [1.807, 2.05) is 0 Å². The van der Waals surface area contributed by atoms with E-state index >= 15 is 0 Å². The van der Waals surface area contributed by atoms with Gasteiger partial charge < -0.3 is 15.5 Å². The fraction of sp³-hybridized carbons (Fsp3) is 0.182. The zero-order valence-corrected chi connectivity index (χ0v) is 11.7. The van der Waals surface area contributed by atoms with E-state index in [0.717, 1.165) is 0 Å². The van der Waals surface area contributed by atoms with Gasteiger partial charge in [0.25, 0.3) is 5.91 Å². The standard InChI is InChI=1S/C11H9BrClNO5/c12-6-3-5(1-2-7(6)13)10(17)14-8(11(18)19)4-9(15)16/h1-3,8H,4H2,(H,14,17)(H,15,16)(H,18,19). The highest BCUT2D eigenvalue weighted by molar-refractivity contribution is 9.10. The number of carboxylic acid groups (broad SMARTS) is 2. The lowest BCUT2D eigenvalue weighted by Gasteiger charge is -2.12. The van der Waals surface area contributed by atoms with E-state index in [1.54, 1.807) is 0 Å². The van der Waals surface area contributed by atoms with E-state index in [9.17, 15) is 14.4 Å². The maximum Gasteiger partial charge on any atom is 0.326 e. The van der Waals surface area contributed by atoms with Gasteiger partial charge in [-0.25, -0.2) is 4.79 Å². The first-order chi connectivity index (χ1) is 8.81. The Morgan fingerprint density at radius 3 is 2.42 bits per heavy atom. The van der Waals surface area contributed by atoms with Crippen LogP contribution in [0.5, 0.6) is 0 Å². The molecular formula is C11H9BrClNO5. The summed E-state index contributed by atoms with van der Waals surface area (Å²) in [6.45, 7) is 0. The Kier molecular flexibility index (Phi) is 5.31. The fourth-order valence-corrected chi connectivity index (χ4v) is 1.75. The first-order valence-corrected chi connectivity index (χ1v) is 6.19. The smallest absolute Gasteiger partial charge is 0.326 e. The molecule has 0 fully saturated rings. The van der Waals surface area contributed by atoms with Crippen molar-refractivity contribution < 1.29 is 24.6 Å². The van der Waals surface area contributed by atoms with E-state index < -0.39 is 30.3 Å². The molecule has 3 N–H and O–H groups in total. The van der Waals surface area contributed by atoms with E-state index in [-0.39, 0.29) is 5.56 Å². The molecule has 102 valence electrons. The van der Waals surface area contributed by atoms with Crippen LogP contribution in [-0.4, -0.2) is 34.1 Å². The minimum Gasteiger partial charge on any atom is -0.481 e. The Hall–Kier alpha value is -1.60. The molecule has 1 aromatic rings. The molecule has 0 aromatic heterocycles. The lowest BCUT2D eigenvalue weighted by atomic mass is 10.1. The van der Waals surface area contributed by atoms with Crippen molar-refractivity contribution in [1.82, 2.24) is 5.32 Å². The second-order valence-electron chi connectivity index (χ2n) is 3.59. The first kappa shape index (κ1) is 15.5. The summed E-state index contributed by atoms with van der Waals surface area (Å²) < 4.78 is 0.479. The molecule has 0 heterocycles. The number of rotatable bonds is 5. The monoisotopic (exact) mass is 349 g/mol. The topological polar surface area (TPSA) is 104 Å². The van der Waals surface area contributed by atoms with Crippen LogP contribution in [0.25, 0.3) is 0 Å². The molecule has 0 saturated carbocycles. The van der Waals surface area contributed by atoms with Crippen molar-refractivity contribution in [2.45, 2.75) is 12.5 Å². The summed E-state index contributed by atoms with van der Waals surface area (Å²) in [5.41, 5.74) is 0.174. The quantitative estimate of drug-likeness (QED) is 0.751. The highest BCUT2D eigenvalue weighted by Crippen LogP contribution is 2.23. The van der Waals surface area contributed by atoms with Gasteiger partial charge in [0.05, 0.1) is 11.4 Å². The van der Waals surface area contributed by atoms with Crippen LogP contribution in [0.3, 0.4) is 0 Å². The van der Waals surface area contributed by atoms with Crippen LogP contribution in [0.4, 0.5) is 0 Å². The van der Waals surface area contributed by atoms with Gasteiger partial charge in [0.1, 0.15) is 6.04 Å². The third kappa shape index (κ3) is 4.53. The predicted octanol–water partition coefficient (Wildman–Crippen LogP) is 1.76. The number of nitrogens with one attached hydrogen (secondary N) is 1. The fourth-order valence-electron chi connectivity index (χ4n) is 1.25. The second kappa shape index (κ2) is 6.53. The average Bonchev–Trinajstić information content (AvgIpc) is 2.31. The van der Waals surface area contributed by atoms with Gasteiger partial charge in [0.15, 0.2) is 0 Å². The number of carbonyl (C=O) groups excluding carboxylic acids is 1. The van der Waals surface area contributed by atoms with Crippen molar-refractivity contribution in [3.63, 3.8) is 0 Å². The summed E-state index contributed by atoms with van der Waals surface area (Å²) in [6, 6.07) is 2.80. The summed E-state index contributed by atoms with van der Waals surface area (Å²) in [4.78, 5) is 33.1. The number of hydrogen-bond acceptors (Lipinski definition) is 3. The van der Waals surface area contributed by atoms with Gasteiger partial charge >= 0.3 is 11.9 Å². The highest BCUT2D eigenvalue weighted by Gasteiger charge is 2.23. The average molecular weight is 351 g/mol. The first-order valence-electron chi connectivity index (χ1n) is 5.01. The Bertz CT molecular complexity index is 534. The Morgan fingerprint density at radius 1 is 1.32 bits per heavy atom. The molecule has 0 aliphatic rings. The lowest BCUT2D eigenvalue weighted by molar-refractivity contribution is -0.145. The molecule has 1 amide bonds. The molecular weight excluding hydrogens is 341 g/mol. The molecule has 0 spiro atoms. The van der Waals surface area contributed by atoms with Crippen molar-refractivity contribution in [2.24, 2.45) is 0 Å². The molecule has 19 heavy (non-hydrogen) atoms. The molecule has 8 heteroatoms. The zero-order valence-electron chi connectivity index (χ0n) is 9.39. The maximum atomic E-state index is 11.8. The molecule has 6 nitrogen and oxygen atoms in total. The number of hydrogen-bond donors (Lipinski definition) is 3. The van der Waals surface area contributed by atoms with Crippen LogP contribution in [0.2, 0.25) is 5.02 Å². The Morgan fingerprint density at radius 2 is 1.95 bits per heavy atom. The van der Waals surface area contributed by atoms with Crippen molar-refractivity contribution in [1.29, 1.82) is 0 Å². The minimum absolute atomic E-state index is 0.174. The van der Waals surface area contributed by atoms with Gasteiger partial charge in [-0.1, -0.05) is 11.6 Å². The van der Waals surface area contributed by atoms with Crippen LogP contribution in [-0.2, 0) is 9.59 Å². The number of amides is 1. The molecule has 1 unspecified atom stereocenters.